The summed E-state index contributed by atoms with van der Waals surface area (Å²) in [6.07, 6.45) is 3.46. The fraction of sp³-hybridized carbons (Fsp3) is 0.692. The van der Waals surface area contributed by atoms with Crippen molar-refractivity contribution in [3.63, 3.8) is 0 Å². The number of hydrogen-bond acceptors (Lipinski definition) is 2. The van der Waals surface area contributed by atoms with Crippen LogP contribution in [0.5, 0.6) is 0 Å². The summed E-state index contributed by atoms with van der Waals surface area (Å²) in [6, 6.07) is 4.83. The van der Waals surface area contributed by atoms with Gasteiger partial charge in [-0.3, -0.25) is 0 Å². The Morgan fingerprint density at radius 1 is 1.44 bits per heavy atom. The molecule has 3 heteroatoms. The predicted molar refractivity (Wildman–Crippen MR) is 74.1 cm³/mol. The van der Waals surface area contributed by atoms with E-state index in [0.29, 0.717) is 6.04 Å². The van der Waals surface area contributed by atoms with Crippen LogP contribution in [-0.4, -0.2) is 22.6 Å². The normalized spacial score (nSPS) is 12.9. The van der Waals surface area contributed by atoms with Crippen molar-refractivity contribution in [2.45, 2.75) is 39.8 Å². The molecule has 92 valence electrons. The highest BCUT2D eigenvalue weighted by atomic mass is 32.2. The van der Waals surface area contributed by atoms with Gasteiger partial charge in [0.15, 0.2) is 0 Å². The Morgan fingerprint density at radius 2 is 2.25 bits per heavy atom. The minimum atomic E-state index is 0.457. The molecule has 16 heavy (non-hydrogen) atoms. The molecule has 1 N–H and O–H groups in total. The minimum Gasteiger partial charge on any atom is -0.350 e. The predicted octanol–water partition coefficient (Wildman–Crippen LogP) is 3.30. The molecule has 0 saturated carbocycles. The zero-order valence-electron chi connectivity index (χ0n) is 10.7. The van der Waals surface area contributed by atoms with Crippen LogP contribution in [0.4, 0.5) is 0 Å². The first-order valence-corrected chi connectivity index (χ1v) is 7.41. The summed E-state index contributed by atoms with van der Waals surface area (Å²) in [7, 11) is 0. The topological polar surface area (TPSA) is 17.0 Å². The van der Waals surface area contributed by atoms with E-state index >= 15 is 0 Å². The molecular formula is C13H24N2S. The zero-order valence-corrected chi connectivity index (χ0v) is 11.5. The summed E-state index contributed by atoms with van der Waals surface area (Å²) in [5, 5.41) is 3.46. The molecule has 0 amide bonds. The molecule has 0 bridgehead atoms. The molecule has 0 radical (unpaired) electrons. The second-order valence-electron chi connectivity index (χ2n) is 3.96. The summed E-state index contributed by atoms with van der Waals surface area (Å²) >= 11 is 2.03. The monoisotopic (exact) mass is 240 g/mol. The number of aromatic nitrogens is 1. The first-order valence-electron chi connectivity index (χ1n) is 6.25. The van der Waals surface area contributed by atoms with Crippen LogP contribution in [0.3, 0.4) is 0 Å². The van der Waals surface area contributed by atoms with Crippen LogP contribution < -0.4 is 5.32 Å². The van der Waals surface area contributed by atoms with Gasteiger partial charge in [0.2, 0.25) is 0 Å². The molecule has 1 aromatic rings. The fourth-order valence-electron chi connectivity index (χ4n) is 1.92. The summed E-state index contributed by atoms with van der Waals surface area (Å²) < 4.78 is 2.38. The van der Waals surface area contributed by atoms with Crippen molar-refractivity contribution in [3.8, 4) is 0 Å². The lowest BCUT2D eigenvalue weighted by atomic mass is 10.2. The highest BCUT2D eigenvalue weighted by Crippen LogP contribution is 2.14. The van der Waals surface area contributed by atoms with Gasteiger partial charge in [0.05, 0.1) is 0 Å². The van der Waals surface area contributed by atoms with Crippen LogP contribution >= 0.6 is 11.8 Å². The Morgan fingerprint density at radius 3 is 2.94 bits per heavy atom. The number of hydrogen-bond donors (Lipinski definition) is 1. The van der Waals surface area contributed by atoms with Crippen molar-refractivity contribution < 1.29 is 0 Å². The molecule has 1 rings (SSSR count). The molecule has 1 heterocycles. The van der Waals surface area contributed by atoms with Crippen LogP contribution in [0.1, 0.15) is 38.9 Å². The number of nitrogens with one attached hydrogen (secondary N) is 1. The molecule has 0 spiro atoms. The molecule has 1 aromatic heterocycles. The summed E-state index contributed by atoms with van der Waals surface area (Å²) in [5.41, 5.74) is 1.41. The summed E-state index contributed by atoms with van der Waals surface area (Å²) in [5.74, 6) is 2.50. The molecule has 0 fully saturated rings. The number of aryl methyl sites for hydroxylation is 1. The third kappa shape index (κ3) is 4.22. The lowest BCUT2D eigenvalue weighted by molar-refractivity contribution is 0.537. The lowest BCUT2D eigenvalue weighted by Gasteiger charge is -2.16. The molecule has 1 unspecified atom stereocenters. The largest absolute Gasteiger partial charge is 0.350 e. The second kappa shape index (κ2) is 7.80. The minimum absolute atomic E-state index is 0.457. The fourth-order valence-corrected chi connectivity index (χ4v) is 2.54. The maximum absolute atomic E-state index is 3.46. The molecule has 0 aliphatic heterocycles. The lowest BCUT2D eigenvalue weighted by Crippen LogP contribution is -2.20. The average Bonchev–Trinajstić information content (AvgIpc) is 2.73. The van der Waals surface area contributed by atoms with Gasteiger partial charge in [-0.2, -0.15) is 11.8 Å². The van der Waals surface area contributed by atoms with E-state index in [1.54, 1.807) is 0 Å². The van der Waals surface area contributed by atoms with Gasteiger partial charge in [0, 0.05) is 24.5 Å². The Kier molecular flexibility index (Phi) is 6.65. The summed E-state index contributed by atoms with van der Waals surface area (Å²) in [6.45, 7) is 8.78. The van der Waals surface area contributed by atoms with Crippen LogP contribution in [0.15, 0.2) is 18.3 Å². The third-order valence-electron chi connectivity index (χ3n) is 2.71. The van der Waals surface area contributed by atoms with E-state index in [4.69, 9.17) is 0 Å². The van der Waals surface area contributed by atoms with Crippen LogP contribution in [0, 0.1) is 0 Å². The number of nitrogens with zero attached hydrogens (tertiary/aromatic N) is 1. The second-order valence-corrected chi connectivity index (χ2v) is 5.35. The molecule has 0 saturated heterocycles. The Bertz CT molecular complexity index is 283. The molecule has 2 nitrogen and oxygen atoms in total. The SMILES string of the molecule is CCNC(C)c1cccn1CCCSCC. The Labute approximate surface area is 104 Å². The molecular weight excluding hydrogens is 216 g/mol. The Balaban J connectivity index is 2.43. The highest BCUT2D eigenvalue weighted by Gasteiger charge is 2.07. The molecule has 0 aliphatic carbocycles. The van der Waals surface area contributed by atoms with Crippen LogP contribution in [0.2, 0.25) is 0 Å². The third-order valence-corrected chi connectivity index (χ3v) is 3.70. The van der Waals surface area contributed by atoms with Crippen LogP contribution in [0.25, 0.3) is 0 Å². The molecule has 1 atom stereocenters. The van der Waals surface area contributed by atoms with Gasteiger partial charge in [-0.1, -0.05) is 13.8 Å². The first-order chi connectivity index (χ1) is 7.79. The van der Waals surface area contributed by atoms with Gasteiger partial charge >= 0.3 is 0 Å². The standard InChI is InChI=1S/C13H24N2S/c1-4-14-12(3)13-8-6-9-15(13)10-7-11-16-5-2/h6,8-9,12,14H,4-5,7,10-11H2,1-3H3. The first kappa shape index (κ1) is 13.7. The van der Waals surface area contributed by atoms with Gasteiger partial charge in [-0.15, -0.1) is 0 Å². The van der Waals surface area contributed by atoms with Crippen molar-refractivity contribution in [2.24, 2.45) is 0 Å². The van der Waals surface area contributed by atoms with E-state index in [9.17, 15) is 0 Å². The molecule has 0 aliphatic rings. The van der Waals surface area contributed by atoms with Gasteiger partial charge < -0.3 is 9.88 Å². The van der Waals surface area contributed by atoms with Crippen molar-refractivity contribution in [3.05, 3.63) is 24.0 Å². The maximum atomic E-state index is 3.46. The Hall–Kier alpha value is -0.410. The van der Waals surface area contributed by atoms with Gasteiger partial charge in [-0.25, -0.2) is 0 Å². The highest BCUT2D eigenvalue weighted by molar-refractivity contribution is 7.99. The van der Waals surface area contributed by atoms with E-state index in [1.807, 2.05) is 11.8 Å². The summed E-state index contributed by atoms with van der Waals surface area (Å²) in [4.78, 5) is 0. The quantitative estimate of drug-likeness (QED) is 0.702. The average molecular weight is 240 g/mol. The zero-order chi connectivity index (χ0) is 11.8. The van der Waals surface area contributed by atoms with E-state index in [1.165, 1.54) is 23.6 Å². The maximum Gasteiger partial charge on any atom is 0.0446 e. The number of rotatable bonds is 8. The van der Waals surface area contributed by atoms with Crippen molar-refractivity contribution >= 4 is 11.8 Å². The molecule has 0 aromatic carbocycles. The van der Waals surface area contributed by atoms with E-state index in [2.05, 4.69) is 49.0 Å². The van der Waals surface area contributed by atoms with E-state index in [-0.39, 0.29) is 0 Å². The van der Waals surface area contributed by atoms with Gasteiger partial charge in [0.1, 0.15) is 0 Å². The van der Waals surface area contributed by atoms with Gasteiger partial charge in [-0.05, 0) is 43.5 Å². The van der Waals surface area contributed by atoms with Crippen molar-refractivity contribution in [1.82, 2.24) is 9.88 Å². The van der Waals surface area contributed by atoms with E-state index < -0.39 is 0 Å². The smallest absolute Gasteiger partial charge is 0.0446 e. The van der Waals surface area contributed by atoms with Crippen molar-refractivity contribution in [1.29, 1.82) is 0 Å². The van der Waals surface area contributed by atoms with Crippen LogP contribution in [-0.2, 0) is 6.54 Å². The van der Waals surface area contributed by atoms with E-state index in [0.717, 1.165) is 13.1 Å². The number of thioether (sulfide) groups is 1. The van der Waals surface area contributed by atoms with Gasteiger partial charge in [0.25, 0.3) is 0 Å². The van der Waals surface area contributed by atoms with Crippen molar-refractivity contribution in [2.75, 3.05) is 18.1 Å².